The van der Waals surface area contributed by atoms with Crippen LogP contribution in [0.4, 0.5) is 13.2 Å². The highest BCUT2D eigenvalue weighted by Gasteiger charge is 2.30. The molecule has 2 N–H and O–H groups in total. The Bertz CT molecular complexity index is 479. The minimum Gasteiger partial charge on any atom is -0.357 e. The van der Waals surface area contributed by atoms with E-state index in [1.807, 2.05) is 23.6 Å². The van der Waals surface area contributed by atoms with Gasteiger partial charge in [-0.3, -0.25) is 9.79 Å². The van der Waals surface area contributed by atoms with Gasteiger partial charge in [-0.2, -0.15) is 24.9 Å². The number of guanidine groups is 1. The predicted molar refractivity (Wildman–Crippen MR) is 115 cm³/mol. The molecule has 1 saturated heterocycles. The van der Waals surface area contributed by atoms with Crippen LogP contribution in [0.1, 0.15) is 39.0 Å². The second-order valence-corrected chi connectivity index (χ2v) is 7.98. The normalized spacial score (nSPS) is 24.1. The first-order valence-electron chi connectivity index (χ1n) is 9.37. The molecule has 2 fully saturated rings. The number of halogens is 4. The van der Waals surface area contributed by atoms with E-state index >= 15 is 0 Å². The lowest BCUT2D eigenvalue weighted by Gasteiger charge is -2.34. The van der Waals surface area contributed by atoms with E-state index in [4.69, 9.17) is 0 Å². The van der Waals surface area contributed by atoms with Gasteiger partial charge in [0.05, 0.1) is 13.0 Å². The van der Waals surface area contributed by atoms with E-state index in [1.165, 1.54) is 0 Å². The summed E-state index contributed by atoms with van der Waals surface area (Å²) in [5.74, 6) is 2.82. The number of carbonyl (C=O) groups excluding carboxylic acids is 1. The third-order valence-corrected chi connectivity index (χ3v) is 5.69. The molecule has 2 aliphatic rings. The first kappa shape index (κ1) is 24.6. The topological polar surface area (TPSA) is 56.7 Å². The molecule has 1 heterocycles. The average Bonchev–Trinajstić information content (AvgIpc) is 2.61. The van der Waals surface area contributed by atoms with Crippen LogP contribution in [0.5, 0.6) is 0 Å². The summed E-state index contributed by atoms with van der Waals surface area (Å²) in [6, 6.07) is 0.152. The van der Waals surface area contributed by atoms with Crippen molar-refractivity contribution in [3.05, 3.63) is 0 Å². The number of thioether (sulfide) groups is 1. The van der Waals surface area contributed by atoms with Gasteiger partial charge in [-0.05, 0) is 32.6 Å². The van der Waals surface area contributed by atoms with Crippen LogP contribution in [0.25, 0.3) is 0 Å². The highest BCUT2D eigenvalue weighted by atomic mass is 127. The Morgan fingerprint density at radius 3 is 2.37 bits per heavy atom. The number of hydrogen-bond donors (Lipinski definition) is 2. The number of nitrogens with one attached hydrogen (secondary N) is 2. The maximum atomic E-state index is 12.6. The second-order valence-electron chi connectivity index (χ2n) is 6.76. The van der Waals surface area contributed by atoms with Gasteiger partial charge in [0.15, 0.2) is 5.96 Å². The molecule has 0 radical (unpaired) electrons. The van der Waals surface area contributed by atoms with Crippen molar-refractivity contribution in [2.75, 3.05) is 37.7 Å². The largest absolute Gasteiger partial charge is 0.390 e. The minimum absolute atomic E-state index is 0. The first-order valence-corrected chi connectivity index (χ1v) is 10.5. The van der Waals surface area contributed by atoms with E-state index in [0.29, 0.717) is 12.5 Å². The molecule has 10 heteroatoms. The number of hydrogen-bond acceptors (Lipinski definition) is 3. The van der Waals surface area contributed by atoms with Crippen LogP contribution >= 0.6 is 35.7 Å². The summed E-state index contributed by atoms with van der Waals surface area (Å²) in [4.78, 5) is 18.6. The summed E-state index contributed by atoms with van der Waals surface area (Å²) in [5, 5.41) is 6.22. The Morgan fingerprint density at radius 2 is 1.81 bits per heavy atom. The molecule has 1 aliphatic carbocycles. The van der Waals surface area contributed by atoms with Crippen molar-refractivity contribution >= 4 is 47.6 Å². The molecular formula is C17H30F3IN4OS. The molecule has 1 amide bonds. The average molecular weight is 522 g/mol. The summed E-state index contributed by atoms with van der Waals surface area (Å²) in [7, 11) is 0. The molecule has 1 saturated carbocycles. The van der Waals surface area contributed by atoms with Crippen LogP contribution in [0.15, 0.2) is 4.99 Å². The van der Waals surface area contributed by atoms with Crippen molar-refractivity contribution in [2.45, 2.75) is 51.2 Å². The van der Waals surface area contributed by atoms with Crippen molar-refractivity contribution < 1.29 is 18.0 Å². The molecule has 27 heavy (non-hydrogen) atoms. The number of alkyl halides is 3. The molecule has 5 nitrogen and oxygen atoms in total. The molecule has 0 unspecified atom stereocenters. The fourth-order valence-electron chi connectivity index (χ4n) is 3.33. The SMILES string of the molecule is CCNC(=NCCC(F)(F)F)NC1CCC(C(=O)N2CCSCC2)CC1.I. The van der Waals surface area contributed by atoms with Crippen LogP contribution in [-0.4, -0.2) is 66.7 Å². The molecular weight excluding hydrogens is 492 g/mol. The van der Waals surface area contributed by atoms with Crippen LogP contribution in [-0.2, 0) is 4.79 Å². The molecule has 0 atom stereocenters. The first-order chi connectivity index (χ1) is 12.4. The predicted octanol–water partition coefficient (Wildman–Crippen LogP) is 3.25. The molecule has 2 rings (SSSR count). The second kappa shape index (κ2) is 12.2. The van der Waals surface area contributed by atoms with Gasteiger partial charge in [0.2, 0.25) is 5.91 Å². The highest BCUT2D eigenvalue weighted by molar-refractivity contribution is 14.0. The van der Waals surface area contributed by atoms with Crippen molar-refractivity contribution in [1.29, 1.82) is 0 Å². The Morgan fingerprint density at radius 1 is 1.19 bits per heavy atom. The lowest BCUT2D eigenvalue weighted by molar-refractivity contribution is -0.136. The van der Waals surface area contributed by atoms with Gasteiger partial charge in [0, 0.05) is 43.1 Å². The standard InChI is InChI=1S/C17H29F3N4OS.HI/c1-2-21-16(22-8-7-17(18,19)20)23-14-5-3-13(4-6-14)15(25)24-9-11-26-12-10-24;/h13-14H,2-12H2,1H3,(H2,21,22,23);1H. The Kier molecular flexibility index (Phi) is 11.2. The Hall–Kier alpha value is -0.390. The van der Waals surface area contributed by atoms with Crippen LogP contribution < -0.4 is 10.6 Å². The Labute approximate surface area is 180 Å². The lowest BCUT2D eigenvalue weighted by Crippen LogP contribution is -2.47. The van der Waals surface area contributed by atoms with Crippen molar-refractivity contribution in [1.82, 2.24) is 15.5 Å². The zero-order chi connectivity index (χ0) is 19.0. The zero-order valence-corrected chi connectivity index (χ0v) is 18.8. The van der Waals surface area contributed by atoms with Crippen molar-refractivity contribution in [2.24, 2.45) is 10.9 Å². The van der Waals surface area contributed by atoms with Gasteiger partial charge in [0.25, 0.3) is 0 Å². The van der Waals surface area contributed by atoms with E-state index in [0.717, 1.165) is 50.3 Å². The van der Waals surface area contributed by atoms with E-state index in [1.54, 1.807) is 0 Å². The zero-order valence-electron chi connectivity index (χ0n) is 15.7. The minimum atomic E-state index is -4.19. The fraction of sp³-hybridized carbons (Fsp3) is 0.882. The van der Waals surface area contributed by atoms with E-state index in [9.17, 15) is 18.0 Å². The molecule has 1 aliphatic heterocycles. The van der Waals surface area contributed by atoms with E-state index in [2.05, 4.69) is 15.6 Å². The Balaban J connectivity index is 0.00000364. The molecule has 0 spiro atoms. The van der Waals surface area contributed by atoms with Gasteiger partial charge in [0.1, 0.15) is 0 Å². The molecule has 0 aromatic rings. The van der Waals surface area contributed by atoms with Crippen LogP contribution in [0.3, 0.4) is 0 Å². The summed E-state index contributed by atoms with van der Waals surface area (Å²) >= 11 is 1.89. The van der Waals surface area contributed by atoms with E-state index in [-0.39, 0.29) is 48.4 Å². The smallest absolute Gasteiger partial charge is 0.357 e. The number of rotatable bonds is 5. The van der Waals surface area contributed by atoms with Crippen LogP contribution in [0, 0.1) is 5.92 Å². The third-order valence-electron chi connectivity index (χ3n) is 4.75. The quantitative estimate of drug-likeness (QED) is 0.331. The van der Waals surface area contributed by atoms with Crippen LogP contribution in [0.2, 0.25) is 0 Å². The van der Waals surface area contributed by atoms with Crippen molar-refractivity contribution in [3.63, 3.8) is 0 Å². The molecule has 0 aromatic carbocycles. The number of aliphatic imine (C=N–C) groups is 1. The monoisotopic (exact) mass is 522 g/mol. The van der Waals surface area contributed by atoms with Crippen molar-refractivity contribution in [3.8, 4) is 0 Å². The number of carbonyl (C=O) groups is 1. The number of amides is 1. The van der Waals surface area contributed by atoms with Gasteiger partial charge in [-0.25, -0.2) is 0 Å². The third kappa shape index (κ3) is 9.10. The van der Waals surface area contributed by atoms with Gasteiger partial charge < -0.3 is 15.5 Å². The van der Waals surface area contributed by atoms with Gasteiger partial charge in [-0.15, -0.1) is 24.0 Å². The fourth-order valence-corrected chi connectivity index (χ4v) is 4.24. The lowest BCUT2D eigenvalue weighted by atomic mass is 9.85. The molecule has 0 bridgehead atoms. The molecule has 0 aromatic heterocycles. The maximum Gasteiger partial charge on any atom is 0.390 e. The summed E-state index contributed by atoms with van der Waals surface area (Å²) in [5.41, 5.74) is 0. The summed E-state index contributed by atoms with van der Waals surface area (Å²) in [6.45, 7) is 3.89. The van der Waals surface area contributed by atoms with Gasteiger partial charge >= 0.3 is 6.18 Å². The van der Waals surface area contributed by atoms with Gasteiger partial charge in [-0.1, -0.05) is 0 Å². The summed E-state index contributed by atoms with van der Waals surface area (Å²) < 4.78 is 36.8. The summed E-state index contributed by atoms with van der Waals surface area (Å²) in [6.07, 6.45) is -1.79. The molecule has 158 valence electrons. The maximum absolute atomic E-state index is 12.6. The highest BCUT2D eigenvalue weighted by Crippen LogP contribution is 2.27. The number of nitrogens with zero attached hydrogens (tertiary/aromatic N) is 2. The van der Waals surface area contributed by atoms with E-state index < -0.39 is 12.6 Å².